The molecule has 2 aromatic heterocycles. The molecule has 1 atom stereocenters. The second-order valence-electron chi connectivity index (χ2n) is 6.42. The molecule has 6 nitrogen and oxygen atoms in total. The van der Waals surface area contributed by atoms with Gasteiger partial charge in [-0.15, -0.1) is 0 Å². The van der Waals surface area contributed by atoms with Crippen LogP contribution in [0.5, 0.6) is 0 Å². The van der Waals surface area contributed by atoms with E-state index in [-0.39, 0.29) is 0 Å². The molecule has 126 valence electrons. The van der Waals surface area contributed by atoms with E-state index in [1.165, 1.54) is 5.56 Å². The number of anilines is 1. The fraction of sp³-hybridized carbons (Fsp3) is 0.263. The standard InChI is InChI=1S/C19H18N4O2/c1-3-11(2)13-6-7-20-18-16(13)21-10-23(18)9-12-4-5-15-14(8-12)17(24)19(25)22-15/h4-8,10-11H,3,9H2,1-2H3,(H,22,24,25). The Kier molecular flexibility index (Phi) is 3.60. The number of carbonyl (C=O) groups excluding carboxylic acids is 2. The summed E-state index contributed by atoms with van der Waals surface area (Å²) in [5, 5.41) is 2.57. The zero-order valence-electron chi connectivity index (χ0n) is 14.1. The van der Waals surface area contributed by atoms with Gasteiger partial charge in [-0.25, -0.2) is 9.97 Å². The maximum absolute atomic E-state index is 11.9. The maximum atomic E-state index is 11.9. The third-order valence-electron chi connectivity index (χ3n) is 4.81. The lowest BCUT2D eigenvalue weighted by Crippen LogP contribution is -2.12. The minimum absolute atomic E-state index is 0.420. The Morgan fingerprint density at radius 3 is 2.84 bits per heavy atom. The van der Waals surface area contributed by atoms with Crippen LogP contribution in [0, 0.1) is 0 Å². The van der Waals surface area contributed by atoms with E-state index < -0.39 is 11.7 Å². The number of hydrogen-bond donors (Lipinski definition) is 1. The number of fused-ring (bicyclic) bond motifs is 2. The van der Waals surface area contributed by atoms with Crippen molar-refractivity contribution in [1.82, 2.24) is 14.5 Å². The molecule has 25 heavy (non-hydrogen) atoms. The quantitative estimate of drug-likeness (QED) is 0.744. The van der Waals surface area contributed by atoms with Crippen LogP contribution < -0.4 is 5.32 Å². The number of pyridine rings is 1. The summed E-state index contributed by atoms with van der Waals surface area (Å²) in [6, 6.07) is 7.46. The van der Waals surface area contributed by atoms with Crippen LogP contribution in [-0.4, -0.2) is 26.2 Å². The molecule has 1 aliphatic rings. The SMILES string of the molecule is CCC(C)c1ccnc2c1ncn2Cc1ccc2c(c1)C(=O)C(=O)N2. The second kappa shape index (κ2) is 5.81. The molecule has 0 bridgehead atoms. The molecule has 0 aliphatic carbocycles. The van der Waals surface area contributed by atoms with Gasteiger partial charge in [-0.05, 0) is 41.7 Å². The summed E-state index contributed by atoms with van der Waals surface area (Å²) >= 11 is 0. The monoisotopic (exact) mass is 334 g/mol. The molecule has 6 heteroatoms. The van der Waals surface area contributed by atoms with Gasteiger partial charge in [-0.1, -0.05) is 19.9 Å². The van der Waals surface area contributed by atoms with E-state index >= 15 is 0 Å². The van der Waals surface area contributed by atoms with Crippen LogP contribution in [0.3, 0.4) is 0 Å². The van der Waals surface area contributed by atoms with Crippen LogP contribution in [0.2, 0.25) is 0 Å². The zero-order chi connectivity index (χ0) is 17.6. The minimum atomic E-state index is -0.569. The highest BCUT2D eigenvalue weighted by Crippen LogP contribution is 2.27. The van der Waals surface area contributed by atoms with Gasteiger partial charge in [0.25, 0.3) is 11.7 Å². The molecular weight excluding hydrogens is 316 g/mol. The lowest BCUT2D eigenvalue weighted by molar-refractivity contribution is -0.112. The van der Waals surface area contributed by atoms with Crippen LogP contribution >= 0.6 is 0 Å². The molecule has 1 unspecified atom stereocenters. The Balaban J connectivity index is 1.71. The van der Waals surface area contributed by atoms with Gasteiger partial charge in [0.1, 0.15) is 5.52 Å². The summed E-state index contributed by atoms with van der Waals surface area (Å²) in [6.07, 6.45) is 4.64. The highest BCUT2D eigenvalue weighted by molar-refractivity contribution is 6.51. The van der Waals surface area contributed by atoms with Crippen molar-refractivity contribution >= 4 is 28.5 Å². The number of nitrogens with zero attached hydrogens (tertiary/aromatic N) is 3. The highest BCUT2D eigenvalue weighted by atomic mass is 16.2. The molecule has 0 saturated carbocycles. The molecule has 1 aromatic carbocycles. The van der Waals surface area contributed by atoms with Crippen LogP contribution in [-0.2, 0) is 11.3 Å². The molecular formula is C19H18N4O2. The van der Waals surface area contributed by atoms with Crippen LogP contribution in [0.25, 0.3) is 11.2 Å². The molecule has 1 amide bonds. The maximum Gasteiger partial charge on any atom is 0.296 e. The number of Topliss-reactive ketones (excluding diaryl/α,β-unsaturated/α-hetero) is 1. The van der Waals surface area contributed by atoms with Crippen LogP contribution in [0.4, 0.5) is 5.69 Å². The molecule has 0 fully saturated rings. The van der Waals surface area contributed by atoms with E-state index in [1.54, 1.807) is 18.5 Å². The van der Waals surface area contributed by atoms with Gasteiger partial charge in [0.2, 0.25) is 0 Å². The minimum Gasteiger partial charge on any atom is -0.318 e. The average molecular weight is 334 g/mol. The molecule has 0 radical (unpaired) electrons. The van der Waals surface area contributed by atoms with Gasteiger partial charge in [0, 0.05) is 6.20 Å². The Labute approximate surface area is 144 Å². The Bertz CT molecular complexity index is 1010. The van der Waals surface area contributed by atoms with E-state index in [2.05, 4.69) is 29.1 Å². The molecule has 3 aromatic rings. The van der Waals surface area contributed by atoms with Gasteiger partial charge in [-0.2, -0.15) is 0 Å². The number of aromatic nitrogens is 3. The van der Waals surface area contributed by atoms with E-state index in [9.17, 15) is 9.59 Å². The number of hydrogen-bond acceptors (Lipinski definition) is 4. The number of benzene rings is 1. The molecule has 1 N–H and O–H groups in total. The summed E-state index contributed by atoms with van der Waals surface area (Å²) < 4.78 is 1.97. The zero-order valence-corrected chi connectivity index (χ0v) is 14.1. The van der Waals surface area contributed by atoms with Crippen molar-refractivity contribution in [3.63, 3.8) is 0 Å². The van der Waals surface area contributed by atoms with Crippen molar-refractivity contribution < 1.29 is 9.59 Å². The fourth-order valence-electron chi connectivity index (χ4n) is 3.20. The first kappa shape index (κ1) is 15.5. The van der Waals surface area contributed by atoms with Crippen LogP contribution in [0.1, 0.15) is 47.7 Å². The molecule has 0 spiro atoms. The summed E-state index contributed by atoms with van der Waals surface area (Å²) in [4.78, 5) is 32.4. The number of imidazole rings is 1. The van der Waals surface area contributed by atoms with Gasteiger partial charge in [-0.3, -0.25) is 9.59 Å². The molecule has 3 heterocycles. The van der Waals surface area contributed by atoms with E-state index in [1.807, 2.05) is 22.9 Å². The third kappa shape index (κ3) is 2.50. The normalized spacial score (nSPS) is 14.6. The summed E-state index contributed by atoms with van der Waals surface area (Å²) in [6.45, 7) is 4.89. The summed E-state index contributed by atoms with van der Waals surface area (Å²) in [5.41, 5.74) is 4.89. The van der Waals surface area contributed by atoms with Crippen molar-refractivity contribution in [1.29, 1.82) is 0 Å². The first-order valence-corrected chi connectivity index (χ1v) is 8.36. The van der Waals surface area contributed by atoms with Crippen molar-refractivity contribution in [2.24, 2.45) is 0 Å². The fourth-order valence-corrected chi connectivity index (χ4v) is 3.20. The first-order chi connectivity index (χ1) is 12.1. The first-order valence-electron chi connectivity index (χ1n) is 8.36. The molecule has 4 rings (SSSR count). The Hall–Kier alpha value is -3.02. The van der Waals surface area contributed by atoms with Gasteiger partial charge < -0.3 is 9.88 Å². The Morgan fingerprint density at radius 2 is 2.04 bits per heavy atom. The third-order valence-corrected chi connectivity index (χ3v) is 4.81. The van der Waals surface area contributed by atoms with Crippen molar-refractivity contribution in [3.8, 4) is 0 Å². The van der Waals surface area contributed by atoms with Crippen molar-refractivity contribution in [2.75, 3.05) is 5.32 Å². The predicted octanol–water partition coefficient (Wildman–Crippen LogP) is 3.13. The lowest BCUT2D eigenvalue weighted by atomic mass is 9.99. The molecule has 0 saturated heterocycles. The second-order valence-corrected chi connectivity index (χ2v) is 6.42. The van der Waals surface area contributed by atoms with Crippen molar-refractivity contribution in [2.45, 2.75) is 32.7 Å². The predicted molar refractivity (Wildman–Crippen MR) is 94.7 cm³/mol. The number of amides is 1. The molecule has 1 aliphatic heterocycles. The highest BCUT2D eigenvalue weighted by Gasteiger charge is 2.27. The van der Waals surface area contributed by atoms with E-state index in [0.717, 1.165) is 23.1 Å². The lowest BCUT2D eigenvalue weighted by Gasteiger charge is -2.10. The van der Waals surface area contributed by atoms with E-state index in [0.29, 0.717) is 23.7 Å². The van der Waals surface area contributed by atoms with Gasteiger partial charge >= 0.3 is 0 Å². The number of rotatable bonds is 4. The largest absolute Gasteiger partial charge is 0.318 e. The van der Waals surface area contributed by atoms with Gasteiger partial charge in [0.15, 0.2) is 5.65 Å². The smallest absolute Gasteiger partial charge is 0.296 e. The summed E-state index contributed by atoms with van der Waals surface area (Å²) in [7, 11) is 0. The number of carbonyl (C=O) groups is 2. The Morgan fingerprint density at radius 1 is 1.20 bits per heavy atom. The number of ketones is 1. The topological polar surface area (TPSA) is 76.9 Å². The van der Waals surface area contributed by atoms with Crippen molar-refractivity contribution in [3.05, 3.63) is 53.5 Å². The number of nitrogens with one attached hydrogen (secondary N) is 1. The summed E-state index contributed by atoms with van der Waals surface area (Å²) in [5.74, 6) is -0.631. The van der Waals surface area contributed by atoms with Gasteiger partial charge in [0.05, 0.1) is 24.1 Å². The van der Waals surface area contributed by atoms with E-state index in [4.69, 9.17) is 0 Å². The average Bonchev–Trinajstić information content (AvgIpc) is 3.16. The van der Waals surface area contributed by atoms with Crippen LogP contribution in [0.15, 0.2) is 36.8 Å².